The molecule has 0 aromatic heterocycles. The van der Waals surface area contributed by atoms with Gasteiger partial charge in [-0.15, -0.1) is 0 Å². The molecular formula is C24H44O12Zr. The Morgan fingerprint density at radius 2 is 0.595 bits per heavy atom. The quantitative estimate of drug-likeness (QED) is 0.140. The molecule has 0 unspecified atom stereocenters. The van der Waals surface area contributed by atoms with E-state index in [1.165, 1.54) is 0 Å². The van der Waals surface area contributed by atoms with Gasteiger partial charge in [-0.2, -0.15) is 0 Å². The zero-order chi connectivity index (χ0) is 28.5. The Hall–Kier alpha value is -1.40. The van der Waals surface area contributed by atoms with E-state index in [0.717, 1.165) is 51.4 Å². The van der Waals surface area contributed by atoms with Crippen molar-refractivity contribution in [3.8, 4) is 0 Å². The van der Waals surface area contributed by atoms with Crippen LogP contribution in [0.2, 0.25) is 0 Å². The molecule has 13 heteroatoms. The fourth-order valence-corrected chi connectivity index (χ4v) is 1.61. The van der Waals surface area contributed by atoms with Gasteiger partial charge >= 0.3 is 26.2 Å². The molecule has 0 aliphatic carbocycles. The number of hydrogen-bond donors (Lipinski definition) is 0. The van der Waals surface area contributed by atoms with Crippen LogP contribution in [0.25, 0.3) is 0 Å². The van der Waals surface area contributed by atoms with E-state index in [1.54, 1.807) is 0 Å². The van der Waals surface area contributed by atoms with Crippen LogP contribution in [0.1, 0.15) is 79.1 Å². The summed E-state index contributed by atoms with van der Waals surface area (Å²) in [5.41, 5.74) is 0. The van der Waals surface area contributed by atoms with Gasteiger partial charge < -0.3 is 58.6 Å². The summed E-state index contributed by atoms with van der Waals surface area (Å²) in [5.74, 6) is -4.59. The van der Waals surface area contributed by atoms with Crippen molar-refractivity contribution >= 4 is 23.9 Å². The number of hydrogen-bond acceptors (Lipinski definition) is 12. The number of carbonyl (C=O) groups excluding carboxylic acids is 4. The molecule has 0 aliphatic rings. The molecule has 0 atom stereocenters. The van der Waals surface area contributed by atoms with Gasteiger partial charge in [0.25, 0.3) is 0 Å². The van der Waals surface area contributed by atoms with Crippen molar-refractivity contribution in [2.45, 2.75) is 79.1 Å². The summed E-state index contributed by atoms with van der Waals surface area (Å²) in [6.07, 6.45) is 7.72. The number of carboxylic acids is 4. The van der Waals surface area contributed by atoms with Gasteiger partial charge in [0, 0.05) is 26.4 Å². The molecule has 0 N–H and O–H groups in total. The number of rotatable bonds is 20. The normalized spacial score (nSPS) is 9.19. The van der Waals surface area contributed by atoms with Gasteiger partial charge in [0.15, 0.2) is 0 Å². The monoisotopic (exact) mass is 614 g/mol. The van der Waals surface area contributed by atoms with Crippen LogP contribution in [0.3, 0.4) is 0 Å². The van der Waals surface area contributed by atoms with Gasteiger partial charge in [0.1, 0.15) is 0 Å². The topological polar surface area (TPSA) is 197 Å². The minimum atomic E-state index is -1.15. The van der Waals surface area contributed by atoms with Crippen LogP contribution in [0.15, 0.2) is 0 Å². The average Bonchev–Trinajstić information content (AvgIpc) is 2.81. The number of carbonyl (C=O) groups is 4. The summed E-state index contributed by atoms with van der Waals surface area (Å²) in [6, 6.07) is 0. The molecule has 0 saturated carbocycles. The van der Waals surface area contributed by atoms with Crippen molar-refractivity contribution in [3.63, 3.8) is 0 Å². The van der Waals surface area contributed by atoms with E-state index in [4.69, 9.17) is 0 Å². The van der Waals surface area contributed by atoms with E-state index in [-0.39, 0.29) is 52.6 Å². The molecule has 37 heavy (non-hydrogen) atoms. The Labute approximate surface area is 240 Å². The van der Waals surface area contributed by atoms with E-state index in [9.17, 15) is 39.6 Å². The SMILES string of the molecule is CCCCOCC(=O)[O-].CCCCOCC(=O)[O-].CCCCOCC(=O)[O-].CCCCOCC(=O)[O-].[Zr+4]. The van der Waals surface area contributed by atoms with Crippen LogP contribution >= 0.6 is 0 Å². The summed E-state index contributed by atoms with van der Waals surface area (Å²) in [4.78, 5) is 38.9. The molecule has 0 radical (unpaired) electrons. The maximum atomic E-state index is 9.73. The Balaban J connectivity index is -0.000000122. The Bertz CT molecular complexity index is 416. The van der Waals surface area contributed by atoms with Gasteiger partial charge in [-0.05, 0) is 25.7 Å². The molecule has 0 saturated heterocycles. The minimum absolute atomic E-state index is 0. The Kier molecular flexibility index (Phi) is 51.3. The van der Waals surface area contributed by atoms with Gasteiger partial charge in [-0.1, -0.05) is 53.4 Å². The number of ether oxygens (including phenoxy) is 4. The largest absolute Gasteiger partial charge is 4.00 e. The third-order valence-corrected chi connectivity index (χ3v) is 3.45. The molecule has 0 aromatic rings. The van der Waals surface area contributed by atoms with Crippen LogP contribution in [0, 0.1) is 0 Å². The van der Waals surface area contributed by atoms with Crippen molar-refractivity contribution in [2.24, 2.45) is 0 Å². The summed E-state index contributed by atoms with van der Waals surface area (Å²) in [7, 11) is 0. The van der Waals surface area contributed by atoms with E-state index in [1.807, 2.05) is 27.7 Å². The fourth-order valence-electron chi connectivity index (χ4n) is 1.61. The predicted molar refractivity (Wildman–Crippen MR) is 123 cm³/mol. The van der Waals surface area contributed by atoms with Crippen LogP contribution in [-0.4, -0.2) is 76.7 Å². The number of carboxylic acid groups (broad SMARTS) is 4. The minimum Gasteiger partial charge on any atom is -0.548 e. The van der Waals surface area contributed by atoms with Gasteiger partial charge in [0.2, 0.25) is 0 Å². The van der Waals surface area contributed by atoms with Crippen LogP contribution in [0.4, 0.5) is 0 Å². The van der Waals surface area contributed by atoms with E-state index in [0.29, 0.717) is 26.4 Å². The molecule has 0 rings (SSSR count). The van der Waals surface area contributed by atoms with Gasteiger partial charge in [0.05, 0.1) is 50.3 Å². The van der Waals surface area contributed by atoms with E-state index >= 15 is 0 Å². The first kappa shape index (κ1) is 45.5. The summed E-state index contributed by atoms with van der Waals surface area (Å²) < 4.78 is 18.7. The molecule has 0 aliphatic heterocycles. The fraction of sp³-hybridized carbons (Fsp3) is 0.833. The van der Waals surface area contributed by atoms with Gasteiger partial charge in [-0.25, -0.2) is 0 Å². The van der Waals surface area contributed by atoms with Crippen LogP contribution in [-0.2, 0) is 64.3 Å². The predicted octanol–water partition coefficient (Wildman–Crippen LogP) is -1.79. The number of unbranched alkanes of at least 4 members (excludes halogenated alkanes) is 4. The first-order chi connectivity index (χ1) is 17.1. The third kappa shape index (κ3) is 72.0. The second kappa shape index (κ2) is 41.7. The number of aliphatic carboxylic acids is 4. The Morgan fingerprint density at radius 3 is 0.703 bits per heavy atom. The van der Waals surface area contributed by atoms with Gasteiger partial charge in [-0.3, -0.25) is 0 Å². The molecule has 216 valence electrons. The second-order valence-electron chi connectivity index (χ2n) is 7.11. The summed E-state index contributed by atoms with van der Waals surface area (Å²) >= 11 is 0. The van der Waals surface area contributed by atoms with E-state index in [2.05, 4.69) is 18.9 Å². The van der Waals surface area contributed by atoms with Crippen molar-refractivity contribution in [1.29, 1.82) is 0 Å². The molecule has 0 amide bonds. The molecule has 0 heterocycles. The first-order valence-electron chi connectivity index (χ1n) is 12.2. The second-order valence-corrected chi connectivity index (χ2v) is 7.11. The Morgan fingerprint density at radius 1 is 0.432 bits per heavy atom. The van der Waals surface area contributed by atoms with Crippen molar-refractivity contribution in [3.05, 3.63) is 0 Å². The summed E-state index contributed by atoms with van der Waals surface area (Å²) in [6.45, 7) is 9.03. The molecule has 12 nitrogen and oxygen atoms in total. The molecule has 0 fully saturated rings. The van der Waals surface area contributed by atoms with Crippen molar-refractivity contribution < 1.29 is 84.8 Å². The maximum Gasteiger partial charge on any atom is 4.00 e. The maximum absolute atomic E-state index is 9.73. The zero-order valence-corrected chi connectivity index (χ0v) is 25.2. The molecule has 0 bridgehead atoms. The first-order valence-corrected chi connectivity index (χ1v) is 12.2. The van der Waals surface area contributed by atoms with Crippen LogP contribution in [0.5, 0.6) is 0 Å². The van der Waals surface area contributed by atoms with E-state index < -0.39 is 23.9 Å². The zero-order valence-electron chi connectivity index (χ0n) is 22.7. The average molecular weight is 616 g/mol. The summed E-state index contributed by atoms with van der Waals surface area (Å²) in [5, 5.41) is 38.9. The molecule has 0 aromatic carbocycles. The standard InChI is InChI=1S/4C6H12O3.Zr/c4*1-2-3-4-9-5-6(7)8;/h4*2-5H2,1H3,(H,7,8);/q;;;;+4/p-4. The molecule has 0 spiro atoms. The molecular weight excluding hydrogens is 571 g/mol. The van der Waals surface area contributed by atoms with Crippen molar-refractivity contribution in [1.82, 2.24) is 0 Å². The smallest absolute Gasteiger partial charge is 0.548 e. The van der Waals surface area contributed by atoms with Crippen molar-refractivity contribution in [2.75, 3.05) is 52.9 Å². The third-order valence-electron chi connectivity index (χ3n) is 3.45. The van der Waals surface area contributed by atoms with Crippen LogP contribution < -0.4 is 20.4 Å².